The maximum Gasteiger partial charge on any atom is 0.287 e. The van der Waals surface area contributed by atoms with E-state index in [0.29, 0.717) is 13.0 Å². The first-order chi connectivity index (χ1) is 12.6. The number of aliphatic hydroxyl groups excluding tert-OH is 1. The largest absolute Gasteiger partial charge is 0.455 e. The molecule has 2 aliphatic rings. The van der Waals surface area contributed by atoms with Gasteiger partial charge in [0.1, 0.15) is 12.4 Å². The van der Waals surface area contributed by atoms with Crippen molar-refractivity contribution in [2.45, 2.75) is 38.0 Å². The molecule has 26 heavy (non-hydrogen) atoms. The molecule has 0 spiro atoms. The van der Waals surface area contributed by atoms with E-state index in [-0.39, 0.29) is 30.7 Å². The van der Waals surface area contributed by atoms with Crippen LogP contribution in [-0.2, 0) is 16.1 Å². The Kier molecular flexibility index (Phi) is 6.29. The number of nitrogens with zero attached hydrogens (tertiary/aromatic N) is 2. The van der Waals surface area contributed by atoms with Crippen molar-refractivity contribution in [3.05, 3.63) is 23.7 Å². The van der Waals surface area contributed by atoms with Crippen LogP contribution in [0.25, 0.3) is 0 Å². The molecule has 8 heteroatoms. The van der Waals surface area contributed by atoms with E-state index in [4.69, 9.17) is 9.15 Å². The molecule has 0 aliphatic carbocycles. The second kappa shape index (κ2) is 8.66. The standard InChI is InChI=1S/C18H27N3O5/c1-25-12-17(23)21-9-6-14(15(22)11-21)19-18(24)16-5-4-13(26-16)10-20-7-2-3-8-20/h4-5,14-15,22H,2-3,6-12H2,1H3,(H,19,24)/t14-,15-/m1/s1. The van der Waals surface area contributed by atoms with Crippen molar-refractivity contribution >= 4 is 11.8 Å². The Bertz CT molecular complexity index is 626. The Labute approximate surface area is 153 Å². The van der Waals surface area contributed by atoms with E-state index in [1.807, 2.05) is 6.07 Å². The van der Waals surface area contributed by atoms with Crippen molar-refractivity contribution in [2.75, 3.05) is 39.9 Å². The third-order valence-corrected chi connectivity index (χ3v) is 4.98. The first-order valence-electron chi connectivity index (χ1n) is 9.13. The van der Waals surface area contributed by atoms with Gasteiger partial charge in [0, 0.05) is 20.2 Å². The Morgan fingerprint density at radius 1 is 1.31 bits per heavy atom. The second-order valence-corrected chi connectivity index (χ2v) is 6.96. The summed E-state index contributed by atoms with van der Waals surface area (Å²) in [7, 11) is 1.46. The van der Waals surface area contributed by atoms with Gasteiger partial charge in [-0.1, -0.05) is 0 Å². The van der Waals surface area contributed by atoms with Gasteiger partial charge in [-0.2, -0.15) is 0 Å². The van der Waals surface area contributed by atoms with Crippen LogP contribution in [0.2, 0.25) is 0 Å². The van der Waals surface area contributed by atoms with Crippen LogP contribution in [0.5, 0.6) is 0 Å². The molecule has 1 aromatic heterocycles. The number of hydrogen-bond acceptors (Lipinski definition) is 6. The smallest absolute Gasteiger partial charge is 0.287 e. The predicted octanol–water partition coefficient (Wildman–Crippen LogP) is 0.213. The van der Waals surface area contributed by atoms with Crippen molar-refractivity contribution in [1.82, 2.24) is 15.1 Å². The number of carbonyl (C=O) groups is 2. The number of nitrogens with one attached hydrogen (secondary N) is 1. The summed E-state index contributed by atoms with van der Waals surface area (Å²) in [5.41, 5.74) is 0. The van der Waals surface area contributed by atoms with Gasteiger partial charge in [0.15, 0.2) is 5.76 Å². The lowest BCUT2D eigenvalue weighted by molar-refractivity contribution is -0.138. The summed E-state index contributed by atoms with van der Waals surface area (Å²) >= 11 is 0. The lowest BCUT2D eigenvalue weighted by atomic mass is 10.0. The van der Waals surface area contributed by atoms with E-state index >= 15 is 0 Å². The molecule has 2 saturated heterocycles. The molecular weight excluding hydrogens is 338 g/mol. The topological polar surface area (TPSA) is 95.3 Å². The van der Waals surface area contributed by atoms with Crippen LogP contribution < -0.4 is 5.32 Å². The zero-order valence-electron chi connectivity index (χ0n) is 15.1. The lowest BCUT2D eigenvalue weighted by Gasteiger charge is -2.36. The van der Waals surface area contributed by atoms with E-state index in [1.165, 1.54) is 20.0 Å². The van der Waals surface area contributed by atoms with Crippen LogP contribution in [0.4, 0.5) is 0 Å². The number of β-amino-alcohol motifs (C(OH)–C–C–N with tert-alkyl or cyclic N) is 1. The Balaban J connectivity index is 1.50. The molecule has 2 aliphatic heterocycles. The number of piperidine rings is 1. The minimum atomic E-state index is -0.812. The van der Waals surface area contributed by atoms with E-state index in [1.54, 1.807) is 11.0 Å². The third-order valence-electron chi connectivity index (χ3n) is 4.98. The fraction of sp³-hybridized carbons (Fsp3) is 0.667. The van der Waals surface area contributed by atoms with Crippen LogP contribution in [0, 0.1) is 0 Å². The van der Waals surface area contributed by atoms with Crippen LogP contribution >= 0.6 is 0 Å². The summed E-state index contributed by atoms with van der Waals surface area (Å²) in [5, 5.41) is 13.1. The minimum absolute atomic E-state index is 0.00403. The highest BCUT2D eigenvalue weighted by Gasteiger charge is 2.31. The SMILES string of the molecule is COCC(=O)N1CC[C@@H](NC(=O)c2ccc(CN3CCCC3)o2)[C@H](O)C1. The van der Waals surface area contributed by atoms with E-state index in [0.717, 1.165) is 25.4 Å². The number of carbonyl (C=O) groups excluding carboxylic acids is 2. The number of methoxy groups -OCH3 is 1. The number of likely N-dealkylation sites (tertiary alicyclic amines) is 2. The van der Waals surface area contributed by atoms with Gasteiger partial charge in [-0.3, -0.25) is 14.5 Å². The molecular formula is C18H27N3O5. The predicted molar refractivity (Wildman–Crippen MR) is 93.6 cm³/mol. The van der Waals surface area contributed by atoms with Gasteiger partial charge in [-0.15, -0.1) is 0 Å². The van der Waals surface area contributed by atoms with Crippen LogP contribution in [0.15, 0.2) is 16.5 Å². The molecule has 2 N–H and O–H groups in total. The number of rotatable bonds is 6. The maximum atomic E-state index is 12.4. The van der Waals surface area contributed by atoms with Gasteiger partial charge in [0.25, 0.3) is 5.91 Å². The van der Waals surface area contributed by atoms with Gasteiger partial charge in [-0.25, -0.2) is 0 Å². The first-order valence-corrected chi connectivity index (χ1v) is 9.13. The third kappa shape index (κ3) is 4.63. The molecule has 0 saturated carbocycles. The molecule has 144 valence electrons. The highest BCUT2D eigenvalue weighted by molar-refractivity contribution is 5.91. The molecule has 1 aromatic rings. The highest BCUT2D eigenvalue weighted by atomic mass is 16.5. The van der Waals surface area contributed by atoms with Crippen molar-refractivity contribution in [1.29, 1.82) is 0 Å². The average Bonchev–Trinajstić information content (AvgIpc) is 3.29. The van der Waals surface area contributed by atoms with E-state index in [9.17, 15) is 14.7 Å². The number of aliphatic hydroxyl groups is 1. The second-order valence-electron chi connectivity index (χ2n) is 6.96. The summed E-state index contributed by atoms with van der Waals surface area (Å²) in [6.07, 6.45) is 2.09. The fourth-order valence-corrected chi connectivity index (χ4v) is 3.53. The van der Waals surface area contributed by atoms with Crippen molar-refractivity contribution in [3.8, 4) is 0 Å². The molecule has 0 bridgehead atoms. The Morgan fingerprint density at radius 2 is 2.08 bits per heavy atom. The summed E-state index contributed by atoms with van der Waals surface area (Å²) in [6.45, 7) is 3.50. The number of furan rings is 1. The Morgan fingerprint density at radius 3 is 2.77 bits per heavy atom. The monoisotopic (exact) mass is 365 g/mol. The number of hydrogen-bond donors (Lipinski definition) is 2. The fourth-order valence-electron chi connectivity index (χ4n) is 3.53. The maximum absolute atomic E-state index is 12.4. The number of amides is 2. The summed E-state index contributed by atoms with van der Waals surface area (Å²) in [6, 6.07) is 3.10. The summed E-state index contributed by atoms with van der Waals surface area (Å²) < 4.78 is 10.5. The minimum Gasteiger partial charge on any atom is -0.455 e. The molecule has 8 nitrogen and oxygen atoms in total. The Hall–Kier alpha value is -1.90. The van der Waals surface area contributed by atoms with Gasteiger partial charge in [0.2, 0.25) is 5.91 Å². The number of ether oxygens (including phenoxy) is 1. The average molecular weight is 365 g/mol. The molecule has 0 radical (unpaired) electrons. The molecule has 2 amide bonds. The van der Waals surface area contributed by atoms with Crippen molar-refractivity contribution < 1.29 is 23.8 Å². The quantitative estimate of drug-likeness (QED) is 0.749. The van der Waals surface area contributed by atoms with Crippen LogP contribution in [0.1, 0.15) is 35.6 Å². The van der Waals surface area contributed by atoms with Crippen molar-refractivity contribution in [2.24, 2.45) is 0 Å². The highest BCUT2D eigenvalue weighted by Crippen LogP contribution is 2.16. The summed E-state index contributed by atoms with van der Waals surface area (Å²) in [5.74, 6) is 0.536. The first kappa shape index (κ1) is 18.9. The molecule has 2 atom stereocenters. The van der Waals surface area contributed by atoms with Gasteiger partial charge in [-0.05, 0) is 44.5 Å². The lowest BCUT2D eigenvalue weighted by Crippen LogP contribution is -2.55. The zero-order valence-corrected chi connectivity index (χ0v) is 15.1. The molecule has 3 rings (SSSR count). The van der Waals surface area contributed by atoms with Gasteiger partial charge < -0.3 is 24.5 Å². The molecule has 0 unspecified atom stereocenters. The zero-order chi connectivity index (χ0) is 18.5. The van der Waals surface area contributed by atoms with Crippen LogP contribution in [-0.4, -0.2) is 78.8 Å². The summed E-state index contributed by atoms with van der Waals surface area (Å²) in [4.78, 5) is 28.1. The normalized spacial score (nSPS) is 24.0. The molecule has 2 fully saturated rings. The van der Waals surface area contributed by atoms with Crippen molar-refractivity contribution in [3.63, 3.8) is 0 Å². The van der Waals surface area contributed by atoms with Crippen LogP contribution in [0.3, 0.4) is 0 Å². The molecule has 3 heterocycles. The van der Waals surface area contributed by atoms with E-state index in [2.05, 4.69) is 10.2 Å². The van der Waals surface area contributed by atoms with Gasteiger partial charge in [0.05, 0.1) is 18.7 Å². The molecule has 0 aromatic carbocycles. The van der Waals surface area contributed by atoms with Gasteiger partial charge >= 0.3 is 0 Å². The van der Waals surface area contributed by atoms with E-state index < -0.39 is 12.1 Å².